The number of esters is 1. The molecular formula is C42H57AsF2N2O8S. The Bertz CT molecular complexity index is 1880. The molecule has 14 heteroatoms. The summed E-state index contributed by atoms with van der Waals surface area (Å²) >= 11 is -1.18. The van der Waals surface area contributed by atoms with Gasteiger partial charge in [0, 0.05) is 0 Å². The van der Waals surface area contributed by atoms with E-state index in [1.165, 1.54) is 31.4 Å². The summed E-state index contributed by atoms with van der Waals surface area (Å²) in [6, 6.07) is 14.1. The number of nitrogens with zero attached hydrogens (tertiary/aromatic N) is 1. The molecule has 2 unspecified atom stereocenters. The molecule has 308 valence electrons. The number of halogens is 2. The second-order valence-corrected chi connectivity index (χ2v) is 20.0. The zero-order valence-corrected chi connectivity index (χ0v) is 36.4. The summed E-state index contributed by atoms with van der Waals surface area (Å²) in [6.07, 6.45) is -0.227. The average molecular weight is 863 g/mol. The Kier molecular flexibility index (Phi) is 17.1. The Balaban J connectivity index is 2.43. The van der Waals surface area contributed by atoms with Crippen LogP contribution >= 0.6 is 0 Å². The van der Waals surface area contributed by atoms with Crippen LogP contribution in [0.5, 0.6) is 5.75 Å². The van der Waals surface area contributed by atoms with Crippen molar-refractivity contribution in [2.75, 3.05) is 12.9 Å². The van der Waals surface area contributed by atoms with Crippen LogP contribution in [0.1, 0.15) is 94.3 Å². The van der Waals surface area contributed by atoms with E-state index in [0.29, 0.717) is 29.9 Å². The summed E-state index contributed by atoms with van der Waals surface area (Å²) in [4.78, 5) is 44.7. The molecule has 3 N–H and O–H groups in total. The predicted molar refractivity (Wildman–Crippen MR) is 216 cm³/mol. The summed E-state index contributed by atoms with van der Waals surface area (Å²) in [7, 11) is -2.79. The SMILES string of the molecule is CCCC(CCC)S(=O)(=O)CC(C(N)=O)N(C(=O)c1ccc(OC)cc1)[C@](Cc1cc(F)cc(F)c1)(C(=O)OC(C)(C)C)[C@@H](O)C[AsH]Cc1cccc(CC)c1. The van der Waals surface area contributed by atoms with Crippen molar-refractivity contribution < 1.29 is 46.2 Å². The van der Waals surface area contributed by atoms with Crippen molar-refractivity contribution in [1.29, 1.82) is 0 Å². The standard InChI is InChI=1S/C42H57AsF2N2O8S/c1-8-12-35(13-9-2)56(52,53)27-36(38(46)49)47(39(50)31-16-18-34(54-7)19-17-31)42(40(51)55-41(4,5)6,24-30-21-32(44)23-33(45)22-30)37(48)26-43-25-29-15-11-14-28(10-3)20-29/h11,14-23,35-37,43,48H,8-10,12-13,24-27H2,1-7H3,(H2,46,49)/t36?,37-,42-/m0/s1. The molecule has 0 saturated carbocycles. The number of methoxy groups -OCH3 is 1. The van der Waals surface area contributed by atoms with Crippen molar-refractivity contribution in [3.8, 4) is 5.75 Å². The van der Waals surface area contributed by atoms with Crippen LogP contribution < -0.4 is 10.5 Å². The van der Waals surface area contributed by atoms with Crippen LogP contribution in [0.4, 0.5) is 8.78 Å². The third-order valence-corrected chi connectivity index (χ3v) is 14.6. The Hall–Kier alpha value is -3.80. The summed E-state index contributed by atoms with van der Waals surface area (Å²) in [6.45, 7) is 10.4. The maximum absolute atomic E-state index is 15.1. The van der Waals surface area contributed by atoms with E-state index >= 15 is 9.59 Å². The minimum atomic E-state index is -4.22. The molecule has 0 fully saturated rings. The maximum atomic E-state index is 15.1. The van der Waals surface area contributed by atoms with Crippen LogP contribution in [0.25, 0.3) is 0 Å². The topological polar surface area (TPSA) is 153 Å². The molecular weight excluding hydrogens is 805 g/mol. The molecule has 10 nitrogen and oxygen atoms in total. The van der Waals surface area contributed by atoms with E-state index in [2.05, 4.69) is 0 Å². The van der Waals surface area contributed by atoms with Crippen LogP contribution in [0, 0.1) is 11.6 Å². The third kappa shape index (κ3) is 12.3. The van der Waals surface area contributed by atoms with Crippen molar-refractivity contribution in [2.24, 2.45) is 5.73 Å². The first-order valence-corrected chi connectivity index (χ1v) is 23.6. The zero-order chi connectivity index (χ0) is 41.8. The number of ether oxygens (including phenoxy) is 2. The number of aryl methyl sites for hydroxylation is 1. The van der Waals surface area contributed by atoms with Crippen molar-refractivity contribution in [1.82, 2.24) is 4.90 Å². The van der Waals surface area contributed by atoms with Crippen molar-refractivity contribution in [3.05, 3.63) is 101 Å². The van der Waals surface area contributed by atoms with E-state index in [1.807, 2.05) is 45.0 Å². The van der Waals surface area contributed by atoms with E-state index < -0.39 is 95.7 Å². The molecule has 0 aliphatic heterocycles. The van der Waals surface area contributed by atoms with E-state index in [1.54, 1.807) is 20.8 Å². The number of benzene rings is 3. The first-order valence-electron chi connectivity index (χ1n) is 18.9. The number of carbonyl (C=O) groups excluding carboxylic acids is 3. The summed E-state index contributed by atoms with van der Waals surface area (Å²) in [5.41, 5.74) is 4.03. The first kappa shape index (κ1) is 46.6. The third-order valence-electron chi connectivity index (χ3n) is 9.51. The number of primary amides is 1. The van der Waals surface area contributed by atoms with E-state index in [4.69, 9.17) is 15.2 Å². The number of hydrogen-bond acceptors (Lipinski definition) is 8. The van der Waals surface area contributed by atoms with Gasteiger partial charge >= 0.3 is 338 Å². The second kappa shape index (κ2) is 20.6. The molecule has 0 aromatic heterocycles. The Morgan fingerprint density at radius 2 is 1.48 bits per heavy atom. The monoisotopic (exact) mass is 862 g/mol. The number of carbonyl (C=O) groups is 3. The van der Waals surface area contributed by atoms with Crippen LogP contribution in [0.2, 0.25) is 5.21 Å². The fraction of sp³-hybridized carbons (Fsp3) is 0.500. The summed E-state index contributed by atoms with van der Waals surface area (Å²) in [5, 5.41) is 12.2. The zero-order valence-electron chi connectivity index (χ0n) is 33.4. The number of nitrogens with two attached hydrogens (primary N) is 1. The van der Waals surface area contributed by atoms with Gasteiger partial charge in [0.05, 0.1) is 0 Å². The predicted octanol–water partition coefficient (Wildman–Crippen LogP) is 5.95. The van der Waals surface area contributed by atoms with Gasteiger partial charge in [-0.25, -0.2) is 0 Å². The van der Waals surface area contributed by atoms with Gasteiger partial charge in [-0.05, 0) is 0 Å². The number of sulfone groups is 1. The number of hydrogen-bond donors (Lipinski definition) is 2. The summed E-state index contributed by atoms with van der Waals surface area (Å²) in [5.74, 6) is -6.11. The fourth-order valence-corrected chi connectivity index (χ4v) is 11.7. The van der Waals surface area contributed by atoms with E-state index in [-0.39, 0.29) is 29.2 Å². The van der Waals surface area contributed by atoms with Gasteiger partial charge in [0.15, 0.2) is 0 Å². The van der Waals surface area contributed by atoms with Crippen LogP contribution in [-0.2, 0) is 42.2 Å². The quantitative estimate of drug-likeness (QED) is 0.0985. The molecule has 0 bridgehead atoms. The second-order valence-electron chi connectivity index (χ2n) is 15.1. The van der Waals surface area contributed by atoms with Gasteiger partial charge in [-0.1, -0.05) is 0 Å². The minimum absolute atomic E-state index is 0.0632. The van der Waals surface area contributed by atoms with Gasteiger partial charge in [-0.3, -0.25) is 0 Å². The van der Waals surface area contributed by atoms with Gasteiger partial charge in [0.2, 0.25) is 0 Å². The van der Waals surface area contributed by atoms with Crippen molar-refractivity contribution in [3.63, 3.8) is 0 Å². The Morgan fingerprint density at radius 3 is 2.00 bits per heavy atom. The van der Waals surface area contributed by atoms with Gasteiger partial charge in [-0.2, -0.15) is 0 Å². The molecule has 3 rings (SSSR count). The molecule has 0 saturated heterocycles. The molecule has 0 spiro atoms. The van der Waals surface area contributed by atoms with E-state index in [9.17, 15) is 27.1 Å². The van der Waals surface area contributed by atoms with Crippen LogP contribution in [-0.4, -0.2) is 93.4 Å². The number of aliphatic hydroxyl groups excluding tert-OH is 1. The van der Waals surface area contributed by atoms with Gasteiger partial charge in [0.25, 0.3) is 0 Å². The number of rotatable bonds is 21. The number of amides is 2. The van der Waals surface area contributed by atoms with Crippen molar-refractivity contribution >= 4 is 43.4 Å². The fourth-order valence-electron chi connectivity index (χ4n) is 6.80. The molecule has 4 atom stereocenters. The molecule has 0 aliphatic carbocycles. The Morgan fingerprint density at radius 1 is 0.893 bits per heavy atom. The molecule has 3 aromatic rings. The number of aliphatic hydroxyl groups is 1. The molecule has 0 aliphatic rings. The van der Waals surface area contributed by atoms with E-state index in [0.717, 1.165) is 34.6 Å². The first-order chi connectivity index (χ1) is 26.3. The van der Waals surface area contributed by atoms with Gasteiger partial charge < -0.3 is 0 Å². The molecule has 0 radical (unpaired) electrons. The molecule has 2 amide bonds. The van der Waals surface area contributed by atoms with Gasteiger partial charge in [-0.15, -0.1) is 0 Å². The van der Waals surface area contributed by atoms with Crippen LogP contribution in [0.15, 0.2) is 66.7 Å². The average Bonchev–Trinajstić information content (AvgIpc) is 3.12. The van der Waals surface area contributed by atoms with Gasteiger partial charge in [0.1, 0.15) is 0 Å². The normalized spacial score (nSPS) is 14.3. The molecule has 56 heavy (non-hydrogen) atoms. The molecule has 3 aromatic carbocycles. The summed E-state index contributed by atoms with van der Waals surface area (Å²) < 4.78 is 69.6. The molecule has 0 heterocycles. The van der Waals surface area contributed by atoms with Crippen LogP contribution in [0.3, 0.4) is 0 Å². The van der Waals surface area contributed by atoms with Crippen molar-refractivity contribution in [2.45, 2.75) is 119 Å². The Labute approximate surface area is 337 Å².